The minimum absolute atomic E-state index is 0.168. The summed E-state index contributed by atoms with van der Waals surface area (Å²) in [6.07, 6.45) is 11.8. The summed E-state index contributed by atoms with van der Waals surface area (Å²) >= 11 is 0. The molecule has 3 aliphatic carbocycles. The van der Waals surface area contributed by atoms with Crippen molar-refractivity contribution in [2.24, 2.45) is 23.7 Å². The number of hydrogen-bond donors (Lipinski definition) is 1. The van der Waals surface area contributed by atoms with E-state index in [0.29, 0.717) is 35.6 Å². The van der Waals surface area contributed by atoms with Crippen LogP contribution in [0, 0.1) is 23.7 Å². The Bertz CT molecular complexity index is 398. The molecule has 5 atom stereocenters. The van der Waals surface area contributed by atoms with Gasteiger partial charge < -0.3 is 10.0 Å². The van der Waals surface area contributed by atoms with Crippen LogP contribution in [0.25, 0.3) is 0 Å². The zero-order valence-corrected chi connectivity index (χ0v) is 13.0. The predicted octanol–water partition coefficient (Wildman–Crippen LogP) is 2.96. The van der Waals surface area contributed by atoms with Gasteiger partial charge >= 0.3 is 0 Å². The Hall–Kier alpha value is -0.570. The summed E-state index contributed by atoms with van der Waals surface area (Å²) in [4.78, 5) is 15.2. The van der Waals surface area contributed by atoms with Gasteiger partial charge in [0.2, 0.25) is 5.91 Å². The molecule has 0 bridgehead atoms. The fraction of sp³-hybridized carbons (Fsp3) is 0.944. The van der Waals surface area contributed by atoms with Crippen LogP contribution in [0.15, 0.2) is 0 Å². The molecular formula is C18H29NO2. The van der Waals surface area contributed by atoms with Crippen LogP contribution in [-0.4, -0.2) is 34.6 Å². The highest BCUT2D eigenvalue weighted by atomic mass is 16.3. The highest BCUT2D eigenvalue weighted by Gasteiger charge is 2.57. The molecule has 0 aromatic heterocycles. The lowest BCUT2D eigenvalue weighted by Crippen LogP contribution is -2.46. The standard InChI is InChI=1S/C18H29NO2/c20-16-10-4-3-8-14(16)15-9-5-11-19(15)18(21)17-12-6-1-2-7-13(12)17/h12-17,20H,1-11H2. The molecule has 0 radical (unpaired) electrons. The molecule has 21 heavy (non-hydrogen) atoms. The number of hydrogen-bond acceptors (Lipinski definition) is 2. The lowest BCUT2D eigenvalue weighted by Gasteiger charge is -2.37. The third-order valence-corrected chi connectivity index (χ3v) is 6.80. The summed E-state index contributed by atoms with van der Waals surface area (Å²) in [5.41, 5.74) is 0. The summed E-state index contributed by atoms with van der Waals surface area (Å²) < 4.78 is 0. The van der Waals surface area contributed by atoms with Crippen molar-refractivity contribution in [1.29, 1.82) is 0 Å². The summed E-state index contributed by atoms with van der Waals surface area (Å²) in [6.45, 7) is 0.947. The molecule has 1 aliphatic heterocycles. The number of likely N-dealkylation sites (tertiary alicyclic amines) is 1. The first kappa shape index (κ1) is 14.0. The Morgan fingerprint density at radius 2 is 1.43 bits per heavy atom. The minimum atomic E-state index is -0.168. The van der Waals surface area contributed by atoms with Gasteiger partial charge in [0.05, 0.1) is 6.10 Å². The van der Waals surface area contributed by atoms with Gasteiger partial charge in [-0.3, -0.25) is 4.79 Å². The van der Waals surface area contributed by atoms with Crippen molar-refractivity contribution in [3.05, 3.63) is 0 Å². The van der Waals surface area contributed by atoms with Crippen molar-refractivity contribution >= 4 is 5.91 Å². The summed E-state index contributed by atoms with van der Waals surface area (Å²) in [5.74, 6) is 2.58. The zero-order chi connectivity index (χ0) is 14.4. The fourth-order valence-corrected chi connectivity index (χ4v) is 5.65. The molecule has 1 N–H and O–H groups in total. The summed E-state index contributed by atoms with van der Waals surface area (Å²) in [7, 11) is 0. The van der Waals surface area contributed by atoms with Crippen LogP contribution in [0.4, 0.5) is 0 Å². The highest BCUT2D eigenvalue weighted by molar-refractivity contribution is 5.83. The molecule has 3 saturated carbocycles. The maximum Gasteiger partial charge on any atom is 0.226 e. The van der Waals surface area contributed by atoms with Crippen LogP contribution in [0.1, 0.15) is 64.2 Å². The maximum atomic E-state index is 13.0. The molecule has 0 aromatic carbocycles. The molecule has 1 saturated heterocycles. The molecule has 118 valence electrons. The fourth-order valence-electron chi connectivity index (χ4n) is 5.65. The van der Waals surface area contributed by atoms with Gasteiger partial charge in [-0.25, -0.2) is 0 Å². The van der Waals surface area contributed by atoms with Gasteiger partial charge in [-0.05, 0) is 50.4 Å². The number of carbonyl (C=O) groups is 1. The first-order valence-corrected chi connectivity index (χ1v) is 9.26. The van der Waals surface area contributed by atoms with Gasteiger partial charge in [0.25, 0.3) is 0 Å². The minimum Gasteiger partial charge on any atom is -0.393 e. The monoisotopic (exact) mass is 291 g/mol. The highest BCUT2D eigenvalue weighted by Crippen LogP contribution is 2.56. The van der Waals surface area contributed by atoms with Gasteiger partial charge in [0.15, 0.2) is 0 Å². The van der Waals surface area contributed by atoms with Crippen LogP contribution >= 0.6 is 0 Å². The van der Waals surface area contributed by atoms with E-state index >= 15 is 0 Å². The largest absolute Gasteiger partial charge is 0.393 e. The van der Waals surface area contributed by atoms with Crippen LogP contribution in [0.3, 0.4) is 0 Å². The van der Waals surface area contributed by atoms with Crippen molar-refractivity contribution in [3.8, 4) is 0 Å². The van der Waals surface area contributed by atoms with Gasteiger partial charge in [-0.15, -0.1) is 0 Å². The first-order valence-electron chi connectivity index (χ1n) is 9.26. The van der Waals surface area contributed by atoms with Gasteiger partial charge in [0.1, 0.15) is 0 Å². The molecule has 3 nitrogen and oxygen atoms in total. The van der Waals surface area contributed by atoms with E-state index in [0.717, 1.165) is 38.6 Å². The van der Waals surface area contributed by atoms with E-state index in [9.17, 15) is 9.90 Å². The van der Waals surface area contributed by atoms with E-state index in [1.54, 1.807) is 0 Å². The predicted molar refractivity (Wildman–Crippen MR) is 81.6 cm³/mol. The molecule has 1 heterocycles. The molecule has 1 amide bonds. The topological polar surface area (TPSA) is 40.5 Å². The van der Waals surface area contributed by atoms with Gasteiger partial charge in [-0.1, -0.05) is 25.7 Å². The molecule has 4 rings (SSSR count). The Balaban J connectivity index is 1.45. The van der Waals surface area contributed by atoms with Crippen molar-refractivity contribution in [2.75, 3.05) is 6.54 Å². The van der Waals surface area contributed by atoms with Crippen molar-refractivity contribution < 1.29 is 9.90 Å². The second-order valence-electron chi connectivity index (χ2n) is 7.89. The number of carbonyl (C=O) groups excluding carboxylic acids is 1. The first-order chi connectivity index (χ1) is 10.3. The van der Waals surface area contributed by atoms with E-state index in [2.05, 4.69) is 4.90 Å². The number of fused-ring (bicyclic) bond motifs is 1. The SMILES string of the molecule is O=C(C1C2CCCCC21)N1CCCC1C1CCCCC1O. The Morgan fingerprint density at radius 1 is 0.810 bits per heavy atom. The van der Waals surface area contributed by atoms with E-state index in [1.807, 2.05) is 0 Å². The van der Waals surface area contributed by atoms with Crippen molar-refractivity contribution in [1.82, 2.24) is 4.90 Å². The molecular weight excluding hydrogens is 262 g/mol. The Kier molecular flexibility index (Phi) is 3.72. The normalized spacial score (nSPS) is 46.2. The lowest BCUT2D eigenvalue weighted by atomic mass is 9.80. The summed E-state index contributed by atoms with van der Waals surface area (Å²) in [6, 6.07) is 0.343. The van der Waals surface area contributed by atoms with Gasteiger partial charge in [0, 0.05) is 24.4 Å². The molecule has 0 spiro atoms. The van der Waals surface area contributed by atoms with E-state index in [1.165, 1.54) is 32.1 Å². The van der Waals surface area contributed by atoms with Crippen LogP contribution in [0.2, 0.25) is 0 Å². The Labute approximate surface area is 128 Å². The molecule has 5 unspecified atom stereocenters. The summed E-state index contributed by atoms with van der Waals surface area (Å²) in [5, 5.41) is 10.4. The second-order valence-corrected chi connectivity index (χ2v) is 7.89. The average Bonchev–Trinajstić information content (AvgIpc) is 3.03. The number of nitrogens with zero attached hydrogens (tertiary/aromatic N) is 1. The van der Waals surface area contributed by atoms with Crippen molar-refractivity contribution in [3.63, 3.8) is 0 Å². The van der Waals surface area contributed by atoms with E-state index in [4.69, 9.17) is 0 Å². The van der Waals surface area contributed by atoms with E-state index in [-0.39, 0.29) is 6.10 Å². The number of rotatable bonds is 2. The third kappa shape index (κ3) is 2.42. The molecule has 4 aliphatic rings. The quantitative estimate of drug-likeness (QED) is 0.849. The smallest absolute Gasteiger partial charge is 0.226 e. The van der Waals surface area contributed by atoms with E-state index < -0.39 is 0 Å². The second kappa shape index (κ2) is 5.57. The number of aliphatic hydroxyl groups is 1. The van der Waals surface area contributed by atoms with Crippen LogP contribution in [0.5, 0.6) is 0 Å². The lowest BCUT2D eigenvalue weighted by molar-refractivity contribution is -0.136. The molecule has 4 fully saturated rings. The average molecular weight is 291 g/mol. The Morgan fingerprint density at radius 3 is 2.10 bits per heavy atom. The molecule has 3 heteroatoms. The van der Waals surface area contributed by atoms with Crippen molar-refractivity contribution in [2.45, 2.75) is 76.4 Å². The number of aliphatic hydroxyl groups excluding tert-OH is 1. The zero-order valence-electron chi connectivity index (χ0n) is 13.0. The number of amides is 1. The van der Waals surface area contributed by atoms with Crippen LogP contribution < -0.4 is 0 Å². The van der Waals surface area contributed by atoms with Gasteiger partial charge in [-0.2, -0.15) is 0 Å². The molecule has 0 aromatic rings. The maximum absolute atomic E-state index is 13.0. The van der Waals surface area contributed by atoms with Crippen LogP contribution in [-0.2, 0) is 4.79 Å². The third-order valence-electron chi connectivity index (χ3n) is 6.80.